The molecule has 0 saturated heterocycles. The van der Waals surface area contributed by atoms with Gasteiger partial charge in [0.1, 0.15) is 0 Å². The summed E-state index contributed by atoms with van der Waals surface area (Å²) in [6.07, 6.45) is 5.36. The topological polar surface area (TPSA) is 0 Å². The molecule has 0 nitrogen and oxygen atoms in total. The summed E-state index contributed by atoms with van der Waals surface area (Å²) in [4.78, 5) is 0. The lowest BCUT2D eigenvalue weighted by atomic mass is 10.2. The van der Waals surface area contributed by atoms with E-state index in [9.17, 15) is 0 Å². The van der Waals surface area contributed by atoms with Gasteiger partial charge in [0.05, 0.1) is 0 Å². The number of halogens is 1. The Labute approximate surface area is 72.8 Å². The molecule has 2 heteroatoms. The van der Waals surface area contributed by atoms with E-state index >= 15 is 0 Å². The second-order valence-corrected chi connectivity index (χ2v) is 4.02. The first-order chi connectivity index (χ1) is 4.43. The molecule has 0 N–H and O–H groups in total. The van der Waals surface area contributed by atoms with Crippen LogP contribution in [0.25, 0.3) is 0 Å². The van der Waals surface area contributed by atoms with Crippen LogP contribution < -0.4 is 0 Å². The van der Waals surface area contributed by atoms with Gasteiger partial charge in [-0.3, -0.25) is 0 Å². The van der Waals surface area contributed by atoms with Crippen molar-refractivity contribution in [2.75, 3.05) is 0 Å². The van der Waals surface area contributed by atoms with E-state index in [-0.39, 0.29) is 0 Å². The molecule has 1 fully saturated rings. The highest BCUT2D eigenvalue weighted by Gasteiger charge is 2.19. The summed E-state index contributed by atoms with van der Waals surface area (Å²) in [5, 5.41) is 2.98. The van der Waals surface area contributed by atoms with E-state index in [0.29, 0.717) is 0 Å². The van der Waals surface area contributed by atoms with Crippen molar-refractivity contribution < 1.29 is 0 Å². The molecule has 0 amide bonds. The predicted octanol–water partition coefficient (Wildman–Crippen LogP) is 3.22. The van der Waals surface area contributed by atoms with Gasteiger partial charge in [-0.25, -0.2) is 0 Å². The van der Waals surface area contributed by atoms with Gasteiger partial charge in [-0.05, 0) is 26.5 Å². The van der Waals surface area contributed by atoms with E-state index in [1.165, 1.54) is 19.3 Å². The van der Waals surface area contributed by atoms with Crippen LogP contribution in [0.15, 0.2) is 0 Å². The highest BCUT2D eigenvalue weighted by Crippen LogP contribution is 2.33. The third kappa shape index (κ3) is 4.10. The normalized spacial score (nSPS) is 16.6. The van der Waals surface area contributed by atoms with Gasteiger partial charge in [-0.1, -0.05) is 18.8 Å². The monoisotopic (exact) mass is 252 g/mol. The van der Waals surface area contributed by atoms with Gasteiger partial charge in [-0.15, -0.1) is 0 Å². The van der Waals surface area contributed by atoms with Crippen molar-refractivity contribution in [1.29, 1.82) is 0 Å². The highest BCUT2D eigenvalue weighted by atomic mass is 127. The van der Waals surface area contributed by atoms with Gasteiger partial charge in [0.2, 0.25) is 0 Å². The van der Waals surface area contributed by atoms with Gasteiger partial charge in [0, 0.05) is 27.6 Å². The summed E-state index contributed by atoms with van der Waals surface area (Å²) in [6.45, 7) is 0. The van der Waals surface area contributed by atoms with Crippen LogP contribution in [0, 0.1) is 17.1 Å². The molecule has 1 aliphatic rings. The molecule has 0 aromatic rings. The van der Waals surface area contributed by atoms with E-state index in [0.717, 1.165) is 12.3 Å². The first kappa shape index (κ1) is 7.74. The lowest BCUT2D eigenvalue weighted by Crippen LogP contribution is -1.71. The summed E-state index contributed by atoms with van der Waals surface area (Å²) in [5.41, 5.74) is 0. The second kappa shape index (κ2) is 4.45. The fraction of sp³-hybridized carbons (Fsp3) is 0.714. The van der Waals surface area contributed by atoms with Crippen LogP contribution in [0.3, 0.4) is 0 Å². The molecular weight excluding hydrogens is 243 g/mol. The Morgan fingerprint density at radius 2 is 2.33 bits per heavy atom. The Morgan fingerprint density at radius 1 is 1.56 bits per heavy atom. The number of hydrogen-bond donors (Lipinski definition) is 0. The van der Waals surface area contributed by atoms with Crippen LogP contribution in [-0.2, 0) is 0 Å². The summed E-state index contributed by atoms with van der Waals surface area (Å²) in [5.74, 6) is 4.15. The smallest absolute Gasteiger partial charge is 0.0109 e. The largest absolute Gasteiger partial charge is 0.0905 e. The van der Waals surface area contributed by atoms with Crippen LogP contribution in [0.2, 0.25) is 0 Å². The van der Waals surface area contributed by atoms with Crippen LogP contribution in [-0.4, -0.2) is 0 Å². The fourth-order valence-electron chi connectivity index (χ4n) is 0.761. The van der Waals surface area contributed by atoms with Crippen LogP contribution in [0.4, 0.5) is 0 Å². The van der Waals surface area contributed by atoms with Crippen LogP contribution in [0.1, 0.15) is 25.7 Å². The summed E-state index contributed by atoms with van der Waals surface area (Å²) in [7, 11) is 1.58. The van der Waals surface area contributed by atoms with E-state index < -0.39 is 0 Å². The zero-order chi connectivity index (χ0) is 6.53. The molecular formula is C7H9IS. The van der Waals surface area contributed by atoms with Gasteiger partial charge < -0.3 is 0 Å². The third-order valence-electron chi connectivity index (χ3n) is 1.49. The highest BCUT2D eigenvalue weighted by molar-refractivity contribution is 14.2. The minimum Gasteiger partial charge on any atom is -0.0905 e. The predicted molar refractivity (Wildman–Crippen MR) is 51.3 cm³/mol. The summed E-state index contributed by atoms with van der Waals surface area (Å²) < 4.78 is 0. The first-order valence-electron chi connectivity index (χ1n) is 3.19. The molecule has 0 spiro atoms. The van der Waals surface area contributed by atoms with Gasteiger partial charge in [-0.2, -0.15) is 0 Å². The Balaban J connectivity index is 1.91. The Morgan fingerprint density at radius 3 is 2.89 bits per heavy atom. The lowest BCUT2D eigenvalue weighted by Gasteiger charge is -1.84. The van der Waals surface area contributed by atoms with Crippen molar-refractivity contribution in [3.05, 3.63) is 0 Å². The molecule has 0 aromatic heterocycles. The minimum absolute atomic E-state index is 1.04. The van der Waals surface area contributed by atoms with Crippen LogP contribution in [0.5, 0.6) is 0 Å². The van der Waals surface area contributed by atoms with Crippen molar-refractivity contribution in [1.82, 2.24) is 0 Å². The Bertz CT molecular complexity index is 130. The molecule has 0 aliphatic heterocycles. The van der Waals surface area contributed by atoms with Crippen LogP contribution >= 0.6 is 30.1 Å². The Kier molecular flexibility index (Phi) is 3.83. The number of hydrogen-bond acceptors (Lipinski definition) is 1. The van der Waals surface area contributed by atoms with Crippen molar-refractivity contribution in [3.63, 3.8) is 0 Å². The van der Waals surface area contributed by atoms with Crippen molar-refractivity contribution in [2.24, 2.45) is 5.92 Å². The quantitative estimate of drug-likeness (QED) is 0.537. The van der Waals surface area contributed by atoms with Crippen molar-refractivity contribution >= 4 is 30.1 Å². The van der Waals surface area contributed by atoms with Crippen molar-refractivity contribution in [2.45, 2.75) is 25.7 Å². The zero-order valence-corrected chi connectivity index (χ0v) is 8.17. The third-order valence-corrected chi connectivity index (χ3v) is 2.37. The molecule has 1 saturated carbocycles. The average Bonchev–Trinajstić information content (AvgIpc) is 2.63. The molecule has 0 bridgehead atoms. The fourth-order valence-corrected chi connectivity index (χ4v) is 1.38. The molecule has 0 aromatic carbocycles. The second-order valence-electron chi connectivity index (χ2n) is 2.34. The SMILES string of the molecule is ISC#CCCC1CC1. The average molecular weight is 252 g/mol. The van der Waals surface area contributed by atoms with E-state index in [4.69, 9.17) is 0 Å². The van der Waals surface area contributed by atoms with E-state index in [2.05, 4.69) is 32.4 Å². The Hall–Kier alpha value is 0.640. The molecule has 0 unspecified atom stereocenters. The van der Waals surface area contributed by atoms with E-state index in [1.807, 2.05) is 0 Å². The molecule has 50 valence electrons. The maximum absolute atomic E-state index is 3.11. The minimum atomic E-state index is 1.04. The molecule has 0 heterocycles. The molecule has 0 radical (unpaired) electrons. The molecule has 1 aliphatic carbocycles. The number of rotatable bonds is 2. The maximum Gasteiger partial charge on any atom is 0.0109 e. The molecule has 9 heavy (non-hydrogen) atoms. The van der Waals surface area contributed by atoms with Gasteiger partial charge in [0.25, 0.3) is 0 Å². The van der Waals surface area contributed by atoms with E-state index in [1.54, 1.807) is 8.93 Å². The zero-order valence-electron chi connectivity index (χ0n) is 5.19. The standard InChI is InChI=1S/C7H9IS/c8-9-6-2-1-3-7-4-5-7/h7H,1,3-5H2. The molecule has 0 atom stereocenters. The lowest BCUT2D eigenvalue weighted by molar-refractivity contribution is 0.752. The van der Waals surface area contributed by atoms with Gasteiger partial charge >= 0.3 is 0 Å². The summed E-state index contributed by atoms with van der Waals surface area (Å²) in [6, 6.07) is 0. The first-order valence-corrected chi connectivity index (χ1v) is 6.55. The maximum atomic E-state index is 3.11. The van der Waals surface area contributed by atoms with Crippen molar-refractivity contribution in [3.8, 4) is 11.2 Å². The van der Waals surface area contributed by atoms with Gasteiger partial charge in [0.15, 0.2) is 0 Å². The molecule has 1 rings (SSSR count). The summed E-state index contributed by atoms with van der Waals surface area (Å²) >= 11 is 2.20.